The maximum atomic E-state index is 13.0. The fourth-order valence-electron chi connectivity index (χ4n) is 2.73. The molecule has 1 N–H and O–H groups in total. The molecular formula is C17H16ClFN2O3. The SMILES string of the molecule is O=C(NC1CCN(C(=O)c2ccoc2)CC1)c1ccc(F)cc1Cl. The van der Waals surface area contributed by atoms with E-state index in [1.807, 2.05) is 0 Å². The van der Waals surface area contributed by atoms with Crippen molar-refractivity contribution in [3.05, 3.63) is 58.8 Å². The Hall–Kier alpha value is -2.34. The van der Waals surface area contributed by atoms with E-state index in [4.69, 9.17) is 16.0 Å². The van der Waals surface area contributed by atoms with Crippen molar-refractivity contribution in [1.82, 2.24) is 10.2 Å². The van der Waals surface area contributed by atoms with E-state index in [2.05, 4.69) is 5.32 Å². The van der Waals surface area contributed by atoms with E-state index in [0.29, 0.717) is 31.5 Å². The molecular weight excluding hydrogens is 335 g/mol. The number of hydrogen-bond donors (Lipinski definition) is 1. The first-order chi connectivity index (χ1) is 11.5. The first-order valence-electron chi connectivity index (χ1n) is 7.62. The Bertz CT molecular complexity index is 740. The molecule has 1 aliphatic heterocycles. The highest BCUT2D eigenvalue weighted by atomic mass is 35.5. The average molecular weight is 351 g/mol. The van der Waals surface area contributed by atoms with Crippen molar-refractivity contribution in [3.63, 3.8) is 0 Å². The van der Waals surface area contributed by atoms with Crippen molar-refractivity contribution in [2.45, 2.75) is 18.9 Å². The van der Waals surface area contributed by atoms with Crippen LogP contribution < -0.4 is 5.32 Å². The van der Waals surface area contributed by atoms with Crippen LogP contribution in [0.15, 0.2) is 41.2 Å². The van der Waals surface area contributed by atoms with Gasteiger partial charge in [-0.1, -0.05) is 11.6 Å². The molecule has 2 aromatic rings. The third-order valence-electron chi connectivity index (χ3n) is 4.06. The molecule has 1 fully saturated rings. The van der Waals surface area contributed by atoms with E-state index >= 15 is 0 Å². The first kappa shape index (κ1) is 16.5. The predicted molar refractivity (Wildman–Crippen MR) is 86.5 cm³/mol. The third-order valence-corrected chi connectivity index (χ3v) is 4.37. The summed E-state index contributed by atoms with van der Waals surface area (Å²) in [5.41, 5.74) is 0.769. The maximum absolute atomic E-state index is 13.0. The van der Waals surface area contributed by atoms with E-state index in [1.54, 1.807) is 11.0 Å². The zero-order chi connectivity index (χ0) is 17.1. The van der Waals surface area contributed by atoms with Crippen molar-refractivity contribution in [2.24, 2.45) is 0 Å². The summed E-state index contributed by atoms with van der Waals surface area (Å²) in [6.45, 7) is 1.10. The Morgan fingerprint density at radius 1 is 1.25 bits per heavy atom. The lowest BCUT2D eigenvalue weighted by Gasteiger charge is -2.32. The number of furan rings is 1. The van der Waals surface area contributed by atoms with Gasteiger partial charge in [-0.25, -0.2) is 4.39 Å². The van der Waals surface area contributed by atoms with Crippen molar-refractivity contribution >= 4 is 23.4 Å². The molecule has 126 valence electrons. The molecule has 0 bridgehead atoms. The quantitative estimate of drug-likeness (QED) is 0.925. The summed E-state index contributed by atoms with van der Waals surface area (Å²) >= 11 is 5.90. The lowest BCUT2D eigenvalue weighted by molar-refractivity contribution is 0.0697. The van der Waals surface area contributed by atoms with Crippen LogP contribution in [0, 0.1) is 5.82 Å². The summed E-state index contributed by atoms with van der Waals surface area (Å²) in [6, 6.07) is 5.26. The topological polar surface area (TPSA) is 62.6 Å². The molecule has 1 aromatic carbocycles. The van der Waals surface area contributed by atoms with Gasteiger partial charge in [0.2, 0.25) is 0 Å². The van der Waals surface area contributed by atoms with E-state index in [9.17, 15) is 14.0 Å². The average Bonchev–Trinajstić information content (AvgIpc) is 3.09. The molecule has 0 spiro atoms. The summed E-state index contributed by atoms with van der Waals surface area (Å²) < 4.78 is 18.0. The minimum Gasteiger partial charge on any atom is -0.472 e. The second-order valence-corrected chi connectivity index (χ2v) is 6.08. The number of rotatable bonds is 3. The molecule has 0 radical (unpaired) electrons. The Morgan fingerprint density at radius 3 is 2.62 bits per heavy atom. The molecule has 2 heterocycles. The van der Waals surface area contributed by atoms with Crippen LogP contribution in [0.25, 0.3) is 0 Å². The first-order valence-corrected chi connectivity index (χ1v) is 8.00. The second-order valence-electron chi connectivity index (χ2n) is 5.68. The number of carbonyl (C=O) groups excluding carboxylic acids is 2. The Kier molecular flexibility index (Phi) is 4.85. The Labute approximate surface area is 143 Å². The van der Waals surface area contributed by atoms with Gasteiger partial charge in [0.1, 0.15) is 12.1 Å². The molecule has 0 unspecified atom stereocenters. The van der Waals surface area contributed by atoms with Gasteiger partial charge in [-0.2, -0.15) is 0 Å². The number of halogens is 2. The highest BCUT2D eigenvalue weighted by Gasteiger charge is 2.25. The molecule has 0 aliphatic carbocycles. The molecule has 1 aromatic heterocycles. The largest absolute Gasteiger partial charge is 0.472 e. The highest BCUT2D eigenvalue weighted by molar-refractivity contribution is 6.33. The number of nitrogens with zero attached hydrogens (tertiary/aromatic N) is 1. The number of nitrogens with one attached hydrogen (secondary N) is 1. The second kappa shape index (κ2) is 7.05. The Balaban J connectivity index is 1.55. The van der Waals surface area contributed by atoms with Crippen LogP contribution in [-0.4, -0.2) is 35.8 Å². The number of hydrogen-bond acceptors (Lipinski definition) is 3. The fraction of sp³-hybridized carbons (Fsp3) is 0.294. The van der Waals surface area contributed by atoms with Crippen molar-refractivity contribution in [2.75, 3.05) is 13.1 Å². The molecule has 3 rings (SSSR count). The van der Waals surface area contributed by atoms with Crippen LogP contribution in [0.4, 0.5) is 4.39 Å². The molecule has 24 heavy (non-hydrogen) atoms. The zero-order valence-corrected chi connectivity index (χ0v) is 13.6. The van der Waals surface area contributed by atoms with Gasteiger partial charge in [0, 0.05) is 19.1 Å². The predicted octanol–water partition coefficient (Wildman–Crippen LogP) is 3.11. The standard InChI is InChI=1S/C17H16ClFN2O3/c18-15-9-12(19)1-2-14(15)16(22)20-13-3-6-21(7-4-13)17(23)11-5-8-24-10-11/h1-2,5,8-10,13H,3-4,6-7H2,(H,20,22). The summed E-state index contributed by atoms with van der Waals surface area (Å²) in [5.74, 6) is -0.891. The van der Waals surface area contributed by atoms with E-state index in [1.165, 1.54) is 24.7 Å². The molecule has 1 saturated heterocycles. The molecule has 2 amide bonds. The molecule has 7 heteroatoms. The summed E-state index contributed by atoms with van der Waals surface area (Å²) in [7, 11) is 0. The zero-order valence-electron chi connectivity index (χ0n) is 12.8. The molecule has 0 saturated carbocycles. The maximum Gasteiger partial charge on any atom is 0.257 e. The lowest BCUT2D eigenvalue weighted by Crippen LogP contribution is -2.46. The summed E-state index contributed by atoms with van der Waals surface area (Å²) in [6.07, 6.45) is 4.18. The number of amides is 2. The lowest BCUT2D eigenvalue weighted by atomic mass is 10.0. The van der Waals surface area contributed by atoms with Gasteiger partial charge in [-0.15, -0.1) is 0 Å². The van der Waals surface area contributed by atoms with Crippen LogP contribution >= 0.6 is 11.6 Å². The Morgan fingerprint density at radius 2 is 2.00 bits per heavy atom. The third kappa shape index (κ3) is 3.59. The van der Waals surface area contributed by atoms with Crippen LogP contribution in [0.3, 0.4) is 0 Å². The fourth-order valence-corrected chi connectivity index (χ4v) is 2.99. The van der Waals surface area contributed by atoms with Crippen LogP contribution in [0.2, 0.25) is 5.02 Å². The number of likely N-dealkylation sites (tertiary alicyclic amines) is 1. The van der Waals surface area contributed by atoms with Crippen LogP contribution in [0.1, 0.15) is 33.6 Å². The van der Waals surface area contributed by atoms with E-state index < -0.39 is 5.82 Å². The van der Waals surface area contributed by atoms with Gasteiger partial charge in [0.15, 0.2) is 0 Å². The van der Waals surface area contributed by atoms with Gasteiger partial charge in [-0.05, 0) is 37.1 Å². The van der Waals surface area contributed by atoms with Gasteiger partial charge >= 0.3 is 0 Å². The van der Waals surface area contributed by atoms with E-state index in [0.717, 1.165) is 6.07 Å². The molecule has 1 aliphatic rings. The van der Waals surface area contributed by atoms with Crippen LogP contribution in [-0.2, 0) is 0 Å². The highest BCUT2D eigenvalue weighted by Crippen LogP contribution is 2.19. The van der Waals surface area contributed by atoms with Crippen LogP contribution in [0.5, 0.6) is 0 Å². The minimum atomic E-state index is -0.484. The smallest absolute Gasteiger partial charge is 0.257 e. The normalized spacial score (nSPS) is 15.3. The van der Waals surface area contributed by atoms with E-state index in [-0.39, 0.29) is 28.4 Å². The number of carbonyl (C=O) groups is 2. The monoisotopic (exact) mass is 350 g/mol. The number of piperidine rings is 1. The molecule has 0 atom stereocenters. The van der Waals surface area contributed by atoms with Gasteiger partial charge in [-0.3, -0.25) is 9.59 Å². The van der Waals surface area contributed by atoms with Crippen molar-refractivity contribution in [1.29, 1.82) is 0 Å². The van der Waals surface area contributed by atoms with Gasteiger partial charge in [0.05, 0.1) is 22.4 Å². The summed E-state index contributed by atoms with van der Waals surface area (Å²) in [5, 5.41) is 2.97. The molecule has 5 nitrogen and oxygen atoms in total. The van der Waals surface area contributed by atoms with Gasteiger partial charge in [0.25, 0.3) is 11.8 Å². The number of benzene rings is 1. The van der Waals surface area contributed by atoms with Crippen molar-refractivity contribution < 1.29 is 18.4 Å². The summed E-state index contributed by atoms with van der Waals surface area (Å²) in [4.78, 5) is 26.2. The minimum absolute atomic E-state index is 0.0491. The van der Waals surface area contributed by atoms with Crippen molar-refractivity contribution in [3.8, 4) is 0 Å². The van der Waals surface area contributed by atoms with Gasteiger partial charge < -0.3 is 14.6 Å².